The van der Waals surface area contributed by atoms with Gasteiger partial charge in [-0.15, -0.1) is 0 Å². The summed E-state index contributed by atoms with van der Waals surface area (Å²) in [7, 11) is 0. The average Bonchev–Trinajstić information content (AvgIpc) is 2.83. The molecule has 0 aliphatic heterocycles. The smallest absolute Gasteiger partial charge is 0.336 e. The maximum absolute atomic E-state index is 12.8. The summed E-state index contributed by atoms with van der Waals surface area (Å²) in [4.78, 5) is 25.7. The number of hydrogen-bond acceptors (Lipinski definition) is 4. The molecule has 33 heavy (non-hydrogen) atoms. The number of carbonyl (C=O) groups excluding carboxylic acids is 1. The molecular formula is C27H27NO4S. The first kappa shape index (κ1) is 24.1. The first-order valence-electron chi connectivity index (χ1n) is 10.9. The van der Waals surface area contributed by atoms with Crippen molar-refractivity contribution in [2.75, 3.05) is 11.9 Å². The summed E-state index contributed by atoms with van der Waals surface area (Å²) in [6.45, 7) is 2.66. The van der Waals surface area contributed by atoms with Crippen molar-refractivity contribution in [2.45, 2.75) is 36.0 Å². The van der Waals surface area contributed by atoms with Gasteiger partial charge in [-0.05, 0) is 55.0 Å². The molecule has 5 nitrogen and oxygen atoms in total. The van der Waals surface area contributed by atoms with Crippen LogP contribution in [0.4, 0.5) is 5.69 Å². The van der Waals surface area contributed by atoms with E-state index < -0.39 is 5.97 Å². The van der Waals surface area contributed by atoms with Crippen LogP contribution in [-0.2, 0) is 0 Å². The highest BCUT2D eigenvalue weighted by Gasteiger charge is 2.14. The molecule has 0 unspecified atom stereocenters. The molecule has 3 rings (SSSR count). The lowest BCUT2D eigenvalue weighted by atomic mass is 10.2. The van der Waals surface area contributed by atoms with Gasteiger partial charge in [0.15, 0.2) is 0 Å². The summed E-state index contributed by atoms with van der Waals surface area (Å²) < 4.78 is 5.69. The number of nitrogens with one attached hydrogen (secondary N) is 1. The molecule has 170 valence electrons. The second-order valence-corrected chi connectivity index (χ2v) is 8.39. The van der Waals surface area contributed by atoms with E-state index in [1.54, 1.807) is 54.6 Å². The number of aromatic carboxylic acids is 1. The number of rotatable bonds is 11. The highest BCUT2D eigenvalue weighted by Crippen LogP contribution is 2.35. The lowest BCUT2D eigenvalue weighted by molar-refractivity contribution is 0.0693. The Kier molecular flexibility index (Phi) is 9.15. The minimum absolute atomic E-state index is 0.222. The molecule has 0 saturated heterocycles. The molecule has 3 aromatic rings. The van der Waals surface area contributed by atoms with Crippen LogP contribution in [0, 0.1) is 0 Å². The van der Waals surface area contributed by atoms with Crippen molar-refractivity contribution in [2.24, 2.45) is 0 Å². The van der Waals surface area contributed by atoms with Gasteiger partial charge in [-0.2, -0.15) is 0 Å². The molecule has 0 saturated carbocycles. The van der Waals surface area contributed by atoms with Gasteiger partial charge in [-0.25, -0.2) is 4.79 Å². The predicted molar refractivity (Wildman–Crippen MR) is 133 cm³/mol. The molecule has 0 aromatic heterocycles. The van der Waals surface area contributed by atoms with Crippen molar-refractivity contribution in [3.05, 3.63) is 96.1 Å². The van der Waals surface area contributed by atoms with Crippen LogP contribution in [-0.4, -0.2) is 23.6 Å². The molecule has 0 spiro atoms. The Bertz CT molecular complexity index is 1110. The van der Waals surface area contributed by atoms with E-state index in [1.165, 1.54) is 24.6 Å². The molecule has 1 amide bonds. The van der Waals surface area contributed by atoms with Crippen LogP contribution in [0.2, 0.25) is 0 Å². The van der Waals surface area contributed by atoms with Crippen molar-refractivity contribution in [3.8, 4) is 5.75 Å². The number of hydrogen-bond donors (Lipinski definition) is 2. The maximum Gasteiger partial charge on any atom is 0.336 e. The molecule has 2 N–H and O–H groups in total. The van der Waals surface area contributed by atoms with Crippen molar-refractivity contribution in [3.63, 3.8) is 0 Å². The number of anilines is 1. The Morgan fingerprint density at radius 1 is 0.939 bits per heavy atom. The van der Waals surface area contributed by atoms with E-state index in [-0.39, 0.29) is 11.5 Å². The number of ether oxygens (including phenoxy) is 1. The van der Waals surface area contributed by atoms with Gasteiger partial charge in [0.2, 0.25) is 0 Å². The van der Waals surface area contributed by atoms with Crippen LogP contribution in [0.15, 0.2) is 94.7 Å². The Morgan fingerprint density at radius 3 is 2.36 bits per heavy atom. The van der Waals surface area contributed by atoms with E-state index in [0.29, 0.717) is 28.5 Å². The summed E-state index contributed by atoms with van der Waals surface area (Å²) in [5, 5.41) is 12.4. The van der Waals surface area contributed by atoms with Crippen molar-refractivity contribution in [1.29, 1.82) is 0 Å². The van der Waals surface area contributed by atoms with Crippen LogP contribution in [0.3, 0.4) is 0 Å². The monoisotopic (exact) mass is 461 g/mol. The zero-order chi connectivity index (χ0) is 23.5. The average molecular weight is 462 g/mol. The van der Waals surface area contributed by atoms with Crippen LogP contribution in [0.1, 0.15) is 46.9 Å². The second-order valence-electron chi connectivity index (χ2n) is 7.30. The van der Waals surface area contributed by atoms with Crippen LogP contribution in [0.25, 0.3) is 0 Å². The molecule has 0 heterocycles. The standard InChI is InChI=1S/C27H27NO4S/c1-2-3-4-5-10-19-32-21-17-15-20(16-18-21)26(29)28-23-12-7-9-14-25(23)33-24-13-8-6-11-22(24)27(30)31/h5-18H,2-4,19H2,1H3,(H,28,29)(H,30,31)/b10-5+. The molecule has 6 heteroatoms. The summed E-state index contributed by atoms with van der Waals surface area (Å²) in [6.07, 6.45) is 7.53. The maximum atomic E-state index is 12.8. The predicted octanol–water partition coefficient (Wildman–Crippen LogP) is 6.91. The van der Waals surface area contributed by atoms with Crippen molar-refractivity contribution < 1.29 is 19.4 Å². The van der Waals surface area contributed by atoms with Crippen LogP contribution < -0.4 is 10.1 Å². The van der Waals surface area contributed by atoms with E-state index in [4.69, 9.17) is 4.74 Å². The number of carboxylic acids is 1. The third kappa shape index (κ3) is 7.26. The molecular weight excluding hydrogens is 434 g/mol. The molecule has 0 aliphatic rings. The molecule has 3 aromatic carbocycles. The van der Waals surface area contributed by atoms with Gasteiger partial charge in [0.1, 0.15) is 12.4 Å². The molecule has 0 aliphatic carbocycles. The van der Waals surface area contributed by atoms with E-state index in [2.05, 4.69) is 18.3 Å². The third-order valence-corrected chi connectivity index (χ3v) is 5.98. The number of allylic oxidation sites excluding steroid dienone is 1. The highest BCUT2D eigenvalue weighted by molar-refractivity contribution is 7.99. The number of amides is 1. The first-order valence-corrected chi connectivity index (χ1v) is 11.7. The Balaban J connectivity index is 1.64. The van der Waals surface area contributed by atoms with E-state index in [9.17, 15) is 14.7 Å². The zero-order valence-electron chi connectivity index (χ0n) is 18.5. The van der Waals surface area contributed by atoms with Gasteiger partial charge >= 0.3 is 5.97 Å². The van der Waals surface area contributed by atoms with Gasteiger partial charge in [-0.3, -0.25) is 4.79 Å². The van der Waals surface area contributed by atoms with Gasteiger partial charge in [-0.1, -0.05) is 67.9 Å². The first-order chi connectivity index (χ1) is 16.1. The number of benzene rings is 3. The lowest BCUT2D eigenvalue weighted by Crippen LogP contribution is -2.12. The Hall–Kier alpha value is -3.51. The molecule has 0 fully saturated rings. The summed E-state index contributed by atoms with van der Waals surface area (Å²) in [5.74, 6) is -0.535. The van der Waals surface area contributed by atoms with Gasteiger partial charge in [0, 0.05) is 15.4 Å². The fraction of sp³-hybridized carbons (Fsp3) is 0.185. The SMILES string of the molecule is CCCC/C=C/COc1ccc(C(=O)Nc2ccccc2Sc2ccccc2C(=O)O)cc1. The van der Waals surface area contributed by atoms with Crippen molar-refractivity contribution >= 4 is 29.3 Å². The number of unbranched alkanes of at least 4 members (excludes halogenated alkanes) is 2. The topological polar surface area (TPSA) is 75.6 Å². The quantitative estimate of drug-likeness (QED) is 0.240. The second kappa shape index (κ2) is 12.5. The van der Waals surface area contributed by atoms with E-state index in [1.807, 2.05) is 24.3 Å². The van der Waals surface area contributed by atoms with E-state index in [0.717, 1.165) is 11.3 Å². The number of carboxylic acid groups (broad SMARTS) is 1. The number of para-hydroxylation sites is 1. The minimum atomic E-state index is -0.988. The largest absolute Gasteiger partial charge is 0.490 e. The fourth-order valence-electron chi connectivity index (χ4n) is 3.06. The summed E-state index contributed by atoms with van der Waals surface area (Å²) in [6, 6.07) is 21.1. The molecule has 0 atom stereocenters. The lowest BCUT2D eigenvalue weighted by Gasteiger charge is -2.12. The zero-order valence-corrected chi connectivity index (χ0v) is 19.3. The Morgan fingerprint density at radius 2 is 1.64 bits per heavy atom. The van der Waals surface area contributed by atoms with Gasteiger partial charge in [0.25, 0.3) is 5.91 Å². The molecule has 0 bridgehead atoms. The normalized spacial score (nSPS) is 10.8. The minimum Gasteiger partial charge on any atom is -0.490 e. The van der Waals surface area contributed by atoms with Crippen LogP contribution in [0.5, 0.6) is 5.75 Å². The van der Waals surface area contributed by atoms with Crippen molar-refractivity contribution in [1.82, 2.24) is 0 Å². The number of carbonyl (C=O) groups is 2. The Labute approximate surface area is 198 Å². The van der Waals surface area contributed by atoms with E-state index >= 15 is 0 Å². The summed E-state index contributed by atoms with van der Waals surface area (Å²) >= 11 is 1.30. The van der Waals surface area contributed by atoms with Crippen LogP contribution >= 0.6 is 11.8 Å². The fourth-order valence-corrected chi connectivity index (χ4v) is 4.08. The third-order valence-electron chi connectivity index (χ3n) is 4.83. The highest BCUT2D eigenvalue weighted by atomic mass is 32.2. The van der Waals surface area contributed by atoms with Gasteiger partial charge in [0.05, 0.1) is 11.3 Å². The van der Waals surface area contributed by atoms with Gasteiger partial charge < -0.3 is 15.2 Å². The molecule has 0 radical (unpaired) electrons. The summed E-state index contributed by atoms with van der Waals surface area (Å²) in [5.41, 5.74) is 1.34.